The van der Waals surface area contributed by atoms with Gasteiger partial charge in [-0.15, -0.1) is 0 Å². The summed E-state index contributed by atoms with van der Waals surface area (Å²) in [4.78, 5) is 33.6. The Bertz CT molecular complexity index is 2250. The molecule has 49 heavy (non-hydrogen) atoms. The Morgan fingerprint density at radius 3 is 2.33 bits per heavy atom. The van der Waals surface area contributed by atoms with Crippen LogP contribution in [0.5, 0.6) is 17.2 Å². The van der Waals surface area contributed by atoms with Gasteiger partial charge in [0.25, 0.3) is 5.56 Å². The highest BCUT2D eigenvalue weighted by Crippen LogP contribution is 2.38. The molecule has 1 aromatic heterocycles. The fourth-order valence-corrected chi connectivity index (χ4v) is 8.82. The topological polar surface area (TPSA) is 88.4 Å². The molecular weight excluding hydrogens is 890 g/mol. The molecule has 0 saturated carbocycles. The fraction of sp³-hybridized carbons (Fsp3) is 0.162. The van der Waals surface area contributed by atoms with Crippen molar-refractivity contribution in [2.75, 3.05) is 20.8 Å². The van der Waals surface area contributed by atoms with Gasteiger partial charge in [0, 0.05) is 16.1 Å². The average Bonchev–Trinajstić information content (AvgIpc) is 3.41. The minimum Gasteiger partial charge on any atom is -0.493 e. The van der Waals surface area contributed by atoms with Gasteiger partial charge in [0.2, 0.25) is 0 Å². The van der Waals surface area contributed by atoms with Crippen LogP contribution in [-0.4, -0.2) is 31.4 Å². The van der Waals surface area contributed by atoms with E-state index < -0.39 is 12.0 Å². The highest BCUT2D eigenvalue weighted by Gasteiger charge is 2.35. The molecule has 6 rings (SSSR count). The summed E-state index contributed by atoms with van der Waals surface area (Å²) in [6, 6.07) is 25.4. The first-order valence-electron chi connectivity index (χ1n) is 15.1. The lowest BCUT2D eigenvalue weighted by molar-refractivity contribution is -0.138. The van der Waals surface area contributed by atoms with E-state index >= 15 is 0 Å². The van der Waals surface area contributed by atoms with E-state index in [1.54, 1.807) is 37.8 Å². The van der Waals surface area contributed by atoms with Gasteiger partial charge in [-0.25, -0.2) is 9.79 Å². The van der Waals surface area contributed by atoms with Crippen LogP contribution in [0.2, 0.25) is 5.02 Å². The number of methoxy groups -OCH3 is 2. The molecule has 0 unspecified atom stereocenters. The van der Waals surface area contributed by atoms with Crippen molar-refractivity contribution in [1.29, 1.82) is 0 Å². The third-order valence-electron chi connectivity index (χ3n) is 7.75. The van der Waals surface area contributed by atoms with E-state index in [1.165, 1.54) is 11.3 Å². The lowest BCUT2D eigenvalue weighted by Gasteiger charge is -2.26. The van der Waals surface area contributed by atoms with Crippen LogP contribution in [0, 0.1) is 7.14 Å². The first-order chi connectivity index (χ1) is 23.7. The molecule has 1 aliphatic rings. The molecular formula is C37H29ClI2N2O6S. The highest BCUT2D eigenvalue weighted by atomic mass is 127. The maximum absolute atomic E-state index is 14.4. The van der Waals surface area contributed by atoms with Crippen LogP contribution in [0.25, 0.3) is 11.8 Å². The smallest absolute Gasteiger partial charge is 0.338 e. The number of carbonyl (C=O) groups excluding carboxylic acids is 1. The number of hydrogen-bond acceptors (Lipinski definition) is 8. The zero-order chi connectivity index (χ0) is 34.7. The predicted molar refractivity (Wildman–Crippen MR) is 208 cm³/mol. The number of thiazole rings is 1. The third kappa shape index (κ3) is 7.30. The number of fused-ring (bicyclic) bond motifs is 1. The molecule has 250 valence electrons. The Labute approximate surface area is 318 Å². The monoisotopic (exact) mass is 918 g/mol. The van der Waals surface area contributed by atoms with Gasteiger partial charge in [0.1, 0.15) is 12.4 Å². The summed E-state index contributed by atoms with van der Waals surface area (Å²) in [7, 11) is 3.10. The van der Waals surface area contributed by atoms with Crippen LogP contribution < -0.4 is 29.1 Å². The number of halogens is 3. The van der Waals surface area contributed by atoms with E-state index in [0.717, 1.165) is 29.6 Å². The molecule has 0 amide bonds. The molecule has 12 heteroatoms. The Balaban J connectivity index is 1.51. The molecule has 1 aliphatic heterocycles. The molecule has 0 bridgehead atoms. The van der Waals surface area contributed by atoms with E-state index in [2.05, 4.69) is 45.2 Å². The van der Waals surface area contributed by atoms with E-state index in [4.69, 9.17) is 35.5 Å². The zero-order valence-corrected chi connectivity index (χ0v) is 32.4. The van der Waals surface area contributed by atoms with Crippen molar-refractivity contribution < 1.29 is 23.7 Å². The Kier molecular flexibility index (Phi) is 11.1. The number of benzene rings is 4. The van der Waals surface area contributed by atoms with E-state index in [1.807, 2.05) is 78.9 Å². The second-order valence-corrected chi connectivity index (χ2v) is 14.5. The van der Waals surface area contributed by atoms with E-state index in [9.17, 15) is 9.59 Å². The molecule has 0 saturated heterocycles. The molecule has 8 nitrogen and oxygen atoms in total. The highest BCUT2D eigenvalue weighted by molar-refractivity contribution is 14.1. The normalized spacial score (nSPS) is 14.2. The second-order valence-electron chi connectivity index (χ2n) is 10.7. The van der Waals surface area contributed by atoms with Crippen LogP contribution in [0.1, 0.15) is 35.2 Å². The summed E-state index contributed by atoms with van der Waals surface area (Å²) in [5.74, 6) is 1.16. The van der Waals surface area contributed by atoms with Crippen LogP contribution >= 0.6 is 68.1 Å². The van der Waals surface area contributed by atoms with Crippen molar-refractivity contribution in [1.82, 2.24) is 4.57 Å². The van der Waals surface area contributed by atoms with Crippen molar-refractivity contribution in [3.63, 3.8) is 0 Å². The minimum absolute atomic E-state index is 0.156. The summed E-state index contributed by atoms with van der Waals surface area (Å²) in [5, 5.41) is 0.646. The van der Waals surface area contributed by atoms with E-state index in [0.29, 0.717) is 43.7 Å². The summed E-state index contributed by atoms with van der Waals surface area (Å²) >= 11 is 12.1. The number of nitrogens with zero attached hydrogens (tertiary/aromatic N) is 2. The number of rotatable bonds is 10. The zero-order valence-electron chi connectivity index (χ0n) is 26.5. The van der Waals surface area contributed by atoms with Gasteiger partial charge >= 0.3 is 5.97 Å². The molecule has 4 aromatic carbocycles. The Morgan fingerprint density at radius 1 is 0.959 bits per heavy atom. The summed E-state index contributed by atoms with van der Waals surface area (Å²) < 4.78 is 26.6. The van der Waals surface area contributed by atoms with Crippen molar-refractivity contribution in [2.24, 2.45) is 4.99 Å². The van der Waals surface area contributed by atoms with Gasteiger partial charge in [-0.05, 0) is 99.6 Å². The maximum atomic E-state index is 14.4. The molecule has 0 aliphatic carbocycles. The average molecular weight is 919 g/mol. The molecule has 1 atom stereocenters. The quantitative estimate of drug-likeness (QED) is 0.107. The van der Waals surface area contributed by atoms with Crippen LogP contribution in [0.15, 0.2) is 100 Å². The third-order valence-corrected chi connectivity index (χ3v) is 10.7. The van der Waals surface area contributed by atoms with Crippen molar-refractivity contribution in [3.05, 3.63) is 145 Å². The summed E-state index contributed by atoms with van der Waals surface area (Å²) in [6.45, 7) is 2.23. The first-order valence-corrected chi connectivity index (χ1v) is 18.4. The number of ether oxygens (including phenoxy) is 4. The van der Waals surface area contributed by atoms with Gasteiger partial charge in [-0.2, -0.15) is 0 Å². The molecule has 0 fully saturated rings. The standard InChI is InChI=1S/C37H29ClI2N2O6S/c1-4-47-36(44)31-32(22-10-6-5-7-11-22)41-37-42(33(31)23-14-15-28(45-2)29(19-23)46-3)35(43)30(49-37)18-21-16-26(39)34(27(40)17-21)48-20-24-12-8-9-13-25(24)38/h5-19,33H,4,20H2,1-3H3/b30-18-/t33-/m0/s1. The number of aromatic nitrogens is 1. The molecule has 2 heterocycles. The molecule has 0 spiro atoms. The van der Waals surface area contributed by atoms with Gasteiger partial charge < -0.3 is 18.9 Å². The van der Waals surface area contributed by atoms with Gasteiger partial charge in [0.05, 0.1) is 49.8 Å². The maximum Gasteiger partial charge on any atom is 0.338 e. The largest absolute Gasteiger partial charge is 0.493 e. The van der Waals surface area contributed by atoms with Gasteiger partial charge in [-0.1, -0.05) is 77.5 Å². The Morgan fingerprint density at radius 2 is 1.65 bits per heavy atom. The lowest BCUT2D eigenvalue weighted by atomic mass is 9.93. The second kappa shape index (κ2) is 15.5. The number of esters is 1. The van der Waals surface area contributed by atoms with Crippen molar-refractivity contribution >= 4 is 85.9 Å². The molecule has 5 aromatic rings. The number of hydrogen-bond donors (Lipinski definition) is 0. The van der Waals surface area contributed by atoms with Gasteiger partial charge in [0.15, 0.2) is 16.3 Å². The predicted octanol–water partition coefficient (Wildman–Crippen LogP) is 7.39. The Hall–Kier alpha value is -3.66. The minimum atomic E-state index is -0.853. The summed E-state index contributed by atoms with van der Waals surface area (Å²) in [6.07, 6.45) is 1.84. The number of carbonyl (C=O) groups is 1. The molecule has 0 N–H and O–H groups in total. The van der Waals surface area contributed by atoms with Crippen LogP contribution in [-0.2, 0) is 16.1 Å². The van der Waals surface area contributed by atoms with Crippen molar-refractivity contribution in [2.45, 2.75) is 19.6 Å². The summed E-state index contributed by atoms with van der Waals surface area (Å²) in [5.41, 5.74) is 3.48. The van der Waals surface area contributed by atoms with Crippen LogP contribution in [0.3, 0.4) is 0 Å². The SMILES string of the molecule is CCOC(=O)C1=C(c2ccccc2)N=c2s/c(=C\c3cc(I)c(OCc4ccccc4Cl)c(I)c3)c(=O)n2[C@H]1c1ccc(OC)c(OC)c1. The van der Waals surface area contributed by atoms with Gasteiger partial charge in [-0.3, -0.25) is 9.36 Å². The van der Waals surface area contributed by atoms with Crippen LogP contribution in [0.4, 0.5) is 0 Å². The molecule has 0 radical (unpaired) electrons. The van der Waals surface area contributed by atoms with E-state index in [-0.39, 0.29) is 17.7 Å². The first kappa shape index (κ1) is 35.2. The fourth-order valence-electron chi connectivity index (χ4n) is 5.50. The van der Waals surface area contributed by atoms with Crippen molar-refractivity contribution in [3.8, 4) is 17.2 Å². The lowest BCUT2D eigenvalue weighted by Crippen LogP contribution is -2.40.